The van der Waals surface area contributed by atoms with Crippen LogP contribution in [-0.4, -0.2) is 13.1 Å². The second kappa shape index (κ2) is 8.11. The van der Waals surface area contributed by atoms with Crippen LogP contribution < -0.4 is 5.32 Å². The summed E-state index contributed by atoms with van der Waals surface area (Å²) in [6.45, 7) is 7.23. The zero-order chi connectivity index (χ0) is 11.7. The van der Waals surface area contributed by atoms with Crippen molar-refractivity contribution in [2.75, 3.05) is 13.1 Å². The molecule has 0 saturated heterocycles. The maximum Gasteiger partial charge on any atom is 0.000516 e. The standard InChI is InChI=1S/C15H31N/c1-3-4-5-6-10-13-16-14-15(2)11-8-7-9-12-15/h16H,3-14H2,1-2H3. The molecule has 1 heteroatoms. The van der Waals surface area contributed by atoms with Crippen LogP contribution in [0.2, 0.25) is 0 Å². The average molecular weight is 225 g/mol. The van der Waals surface area contributed by atoms with Gasteiger partial charge in [0.15, 0.2) is 0 Å². The molecule has 1 saturated carbocycles. The van der Waals surface area contributed by atoms with E-state index >= 15 is 0 Å². The Bertz CT molecular complexity index is 159. The van der Waals surface area contributed by atoms with Gasteiger partial charge in [-0.05, 0) is 31.2 Å². The number of nitrogens with one attached hydrogen (secondary N) is 1. The van der Waals surface area contributed by atoms with Gasteiger partial charge in [-0.2, -0.15) is 0 Å². The van der Waals surface area contributed by atoms with E-state index in [0.29, 0.717) is 5.41 Å². The van der Waals surface area contributed by atoms with Gasteiger partial charge in [-0.25, -0.2) is 0 Å². The van der Waals surface area contributed by atoms with E-state index in [9.17, 15) is 0 Å². The van der Waals surface area contributed by atoms with Crippen molar-refractivity contribution in [2.45, 2.75) is 78.1 Å². The minimum Gasteiger partial charge on any atom is -0.316 e. The highest BCUT2D eigenvalue weighted by Gasteiger charge is 2.25. The first-order valence-corrected chi connectivity index (χ1v) is 7.47. The molecule has 0 aromatic heterocycles. The van der Waals surface area contributed by atoms with Crippen molar-refractivity contribution in [1.82, 2.24) is 5.32 Å². The molecule has 1 rings (SSSR count). The van der Waals surface area contributed by atoms with Gasteiger partial charge in [0.2, 0.25) is 0 Å². The molecule has 0 amide bonds. The molecule has 0 spiro atoms. The van der Waals surface area contributed by atoms with Gasteiger partial charge >= 0.3 is 0 Å². The lowest BCUT2D eigenvalue weighted by Gasteiger charge is -2.33. The van der Waals surface area contributed by atoms with Crippen LogP contribution in [0.1, 0.15) is 78.1 Å². The minimum atomic E-state index is 0.613. The van der Waals surface area contributed by atoms with Crippen molar-refractivity contribution in [3.63, 3.8) is 0 Å². The molecule has 1 aliphatic carbocycles. The lowest BCUT2D eigenvalue weighted by Crippen LogP contribution is -2.34. The van der Waals surface area contributed by atoms with Gasteiger partial charge < -0.3 is 5.32 Å². The van der Waals surface area contributed by atoms with Crippen LogP contribution in [0.3, 0.4) is 0 Å². The molecule has 1 aliphatic rings. The molecular weight excluding hydrogens is 194 g/mol. The van der Waals surface area contributed by atoms with Crippen molar-refractivity contribution in [3.8, 4) is 0 Å². The van der Waals surface area contributed by atoms with Crippen LogP contribution in [0.25, 0.3) is 0 Å². The molecule has 96 valence electrons. The van der Waals surface area contributed by atoms with Crippen LogP contribution in [0.4, 0.5) is 0 Å². The molecule has 0 bridgehead atoms. The molecule has 0 unspecified atom stereocenters. The first-order valence-electron chi connectivity index (χ1n) is 7.47. The molecular formula is C15H31N. The molecule has 1 nitrogen and oxygen atoms in total. The van der Waals surface area contributed by atoms with Gasteiger partial charge in [0, 0.05) is 6.54 Å². The Balaban J connectivity index is 1.93. The highest BCUT2D eigenvalue weighted by Crippen LogP contribution is 2.34. The monoisotopic (exact) mass is 225 g/mol. The van der Waals surface area contributed by atoms with Gasteiger partial charge in [-0.15, -0.1) is 0 Å². The highest BCUT2D eigenvalue weighted by molar-refractivity contribution is 4.80. The zero-order valence-corrected chi connectivity index (χ0v) is 11.5. The summed E-state index contributed by atoms with van der Waals surface area (Å²) in [6.07, 6.45) is 14.2. The summed E-state index contributed by atoms with van der Waals surface area (Å²) in [4.78, 5) is 0. The number of unbranched alkanes of at least 4 members (excludes halogenated alkanes) is 4. The molecule has 0 aromatic carbocycles. The fourth-order valence-corrected chi connectivity index (χ4v) is 2.83. The summed E-state index contributed by atoms with van der Waals surface area (Å²) in [5.74, 6) is 0. The SMILES string of the molecule is CCCCCCCNCC1(C)CCCCC1. The summed E-state index contributed by atoms with van der Waals surface area (Å²) in [7, 11) is 0. The average Bonchev–Trinajstić information content (AvgIpc) is 2.29. The maximum absolute atomic E-state index is 3.67. The second-order valence-electron chi connectivity index (χ2n) is 5.96. The van der Waals surface area contributed by atoms with Crippen LogP contribution in [-0.2, 0) is 0 Å². The van der Waals surface area contributed by atoms with E-state index in [1.165, 1.54) is 77.3 Å². The van der Waals surface area contributed by atoms with Crippen molar-refractivity contribution >= 4 is 0 Å². The Morgan fingerprint density at radius 3 is 2.31 bits per heavy atom. The van der Waals surface area contributed by atoms with Crippen LogP contribution in [0.5, 0.6) is 0 Å². The van der Waals surface area contributed by atoms with Crippen LogP contribution >= 0.6 is 0 Å². The maximum atomic E-state index is 3.67. The molecule has 0 atom stereocenters. The van der Waals surface area contributed by atoms with Crippen molar-refractivity contribution in [2.24, 2.45) is 5.41 Å². The van der Waals surface area contributed by atoms with E-state index in [-0.39, 0.29) is 0 Å². The highest BCUT2D eigenvalue weighted by atomic mass is 14.9. The van der Waals surface area contributed by atoms with E-state index in [0.717, 1.165) is 0 Å². The lowest BCUT2D eigenvalue weighted by molar-refractivity contribution is 0.208. The lowest BCUT2D eigenvalue weighted by atomic mass is 9.76. The first-order chi connectivity index (χ1) is 7.77. The Morgan fingerprint density at radius 2 is 1.62 bits per heavy atom. The normalized spacial score (nSPS) is 19.9. The van der Waals surface area contributed by atoms with Gasteiger partial charge in [0.1, 0.15) is 0 Å². The van der Waals surface area contributed by atoms with Crippen LogP contribution in [0, 0.1) is 5.41 Å². The summed E-state index contributed by atoms with van der Waals surface area (Å²) in [5, 5.41) is 3.67. The predicted molar refractivity (Wildman–Crippen MR) is 72.8 cm³/mol. The molecule has 16 heavy (non-hydrogen) atoms. The molecule has 0 heterocycles. The third kappa shape index (κ3) is 5.89. The molecule has 1 N–H and O–H groups in total. The van der Waals surface area contributed by atoms with E-state index < -0.39 is 0 Å². The van der Waals surface area contributed by atoms with Gasteiger partial charge in [0.25, 0.3) is 0 Å². The largest absolute Gasteiger partial charge is 0.316 e. The van der Waals surface area contributed by atoms with Crippen molar-refractivity contribution in [1.29, 1.82) is 0 Å². The fraction of sp³-hybridized carbons (Fsp3) is 1.00. The summed E-state index contributed by atoms with van der Waals surface area (Å²) in [5.41, 5.74) is 0.613. The van der Waals surface area contributed by atoms with Crippen molar-refractivity contribution < 1.29 is 0 Å². The summed E-state index contributed by atoms with van der Waals surface area (Å²) >= 11 is 0. The van der Waals surface area contributed by atoms with E-state index in [1.807, 2.05) is 0 Å². The molecule has 0 aromatic rings. The predicted octanol–water partition coefficient (Wildman–Crippen LogP) is 4.52. The zero-order valence-electron chi connectivity index (χ0n) is 11.5. The molecule has 1 fully saturated rings. The van der Waals surface area contributed by atoms with E-state index in [4.69, 9.17) is 0 Å². The Labute approximate surface area is 102 Å². The Morgan fingerprint density at radius 1 is 0.938 bits per heavy atom. The quantitative estimate of drug-likeness (QED) is 0.599. The topological polar surface area (TPSA) is 12.0 Å². The van der Waals surface area contributed by atoms with Gasteiger partial charge in [0.05, 0.1) is 0 Å². The van der Waals surface area contributed by atoms with Gasteiger partial charge in [-0.3, -0.25) is 0 Å². The third-order valence-electron chi connectivity index (χ3n) is 4.07. The van der Waals surface area contributed by atoms with E-state index in [1.54, 1.807) is 0 Å². The summed E-state index contributed by atoms with van der Waals surface area (Å²) < 4.78 is 0. The minimum absolute atomic E-state index is 0.613. The smallest absolute Gasteiger partial charge is 0.000516 e. The summed E-state index contributed by atoms with van der Waals surface area (Å²) in [6, 6.07) is 0. The first kappa shape index (κ1) is 14.0. The van der Waals surface area contributed by atoms with Gasteiger partial charge in [-0.1, -0.05) is 58.8 Å². The molecule has 0 radical (unpaired) electrons. The van der Waals surface area contributed by atoms with Crippen LogP contribution in [0.15, 0.2) is 0 Å². The number of hydrogen-bond donors (Lipinski definition) is 1. The third-order valence-corrected chi connectivity index (χ3v) is 4.07. The number of rotatable bonds is 8. The number of hydrogen-bond acceptors (Lipinski definition) is 1. The second-order valence-corrected chi connectivity index (χ2v) is 5.96. The molecule has 0 aliphatic heterocycles. The Hall–Kier alpha value is -0.0400. The van der Waals surface area contributed by atoms with E-state index in [2.05, 4.69) is 19.2 Å². The van der Waals surface area contributed by atoms with Crippen molar-refractivity contribution in [3.05, 3.63) is 0 Å². The fourth-order valence-electron chi connectivity index (χ4n) is 2.83. The Kier molecular flexibility index (Phi) is 7.11.